The van der Waals surface area contributed by atoms with Gasteiger partial charge in [0, 0.05) is 31.5 Å². The Balaban J connectivity index is 1.78. The fourth-order valence-electron chi connectivity index (χ4n) is 2.32. The second-order valence-corrected chi connectivity index (χ2v) is 5.23. The smallest absolute Gasteiger partial charge is 0.0223 e. The molecule has 0 fully saturated rings. The fraction of sp³-hybridized carbons (Fsp3) is 0.412. The van der Waals surface area contributed by atoms with Crippen LogP contribution in [0.25, 0.3) is 0 Å². The van der Waals surface area contributed by atoms with Crippen molar-refractivity contribution >= 4 is 0 Å². The fourth-order valence-corrected chi connectivity index (χ4v) is 2.32. The molecule has 0 bridgehead atoms. The summed E-state index contributed by atoms with van der Waals surface area (Å²) in [5.74, 6) is 0. The van der Waals surface area contributed by atoms with Crippen molar-refractivity contribution in [3.63, 3.8) is 0 Å². The number of rotatable bonds is 7. The van der Waals surface area contributed by atoms with Gasteiger partial charge in [0.25, 0.3) is 0 Å². The zero-order valence-corrected chi connectivity index (χ0v) is 12.0. The van der Waals surface area contributed by atoms with Gasteiger partial charge in [-0.15, -0.1) is 0 Å². The van der Waals surface area contributed by atoms with Crippen molar-refractivity contribution in [3.8, 4) is 0 Å². The molecule has 1 atom stereocenters. The van der Waals surface area contributed by atoms with E-state index in [2.05, 4.69) is 72.5 Å². The topological polar surface area (TPSA) is 17.0 Å². The van der Waals surface area contributed by atoms with Crippen molar-refractivity contribution in [2.75, 3.05) is 0 Å². The SMILES string of the molecule is CCCn1ccc(CNC(C)Cc2ccccc2)c1. The molecule has 0 amide bonds. The molecule has 0 radical (unpaired) electrons. The van der Waals surface area contributed by atoms with Gasteiger partial charge in [0.1, 0.15) is 0 Å². The highest BCUT2D eigenvalue weighted by Crippen LogP contribution is 2.05. The summed E-state index contributed by atoms with van der Waals surface area (Å²) in [7, 11) is 0. The predicted octanol–water partition coefficient (Wildman–Crippen LogP) is 3.62. The molecule has 0 aliphatic carbocycles. The van der Waals surface area contributed by atoms with Gasteiger partial charge < -0.3 is 9.88 Å². The summed E-state index contributed by atoms with van der Waals surface area (Å²) in [5.41, 5.74) is 2.76. The normalized spacial score (nSPS) is 12.5. The number of aromatic nitrogens is 1. The highest BCUT2D eigenvalue weighted by atomic mass is 14.9. The van der Waals surface area contributed by atoms with Gasteiger partial charge in [-0.05, 0) is 37.0 Å². The minimum absolute atomic E-state index is 0.497. The van der Waals surface area contributed by atoms with Crippen LogP contribution in [0.1, 0.15) is 31.4 Å². The highest BCUT2D eigenvalue weighted by Gasteiger charge is 2.03. The number of aryl methyl sites for hydroxylation is 1. The van der Waals surface area contributed by atoms with E-state index in [-0.39, 0.29) is 0 Å². The summed E-state index contributed by atoms with van der Waals surface area (Å²) in [5, 5.41) is 3.59. The molecule has 2 aromatic rings. The zero-order chi connectivity index (χ0) is 13.5. The number of nitrogens with one attached hydrogen (secondary N) is 1. The molecule has 0 saturated carbocycles. The lowest BCUT2D eigenvalue weighted by atomic mass is 10.1. The molecule has 2 heteroatoms. The summed E-state index contributed by atoms with van der Waals surface area (Å²) in [6.07, 6.45) is 6.68. The van der Waals surface area contributed by atoms with E-state index in [1.54, 1.807) is 0 Å². The van der Waals surface area contributed by atoms with Crippen molar-refractivity contribution in [3.05, 3.63) is 59.9 Å². The molecule has 19 heavy (non-hydrogen) atoms. The summed E-state index contributed by atoms with van der Waals surface area (Å²) in [6.45, 7) is 6.51. The minimum atomic E-state index is 0.497. The Kier molecular flexibility index (Phi) is 5.22. The molecule has 2 nitrogen and oxygen atoms in total. The third kappa shape index (κ3) is 4.56. The molecule has 0 aliphatic rings. The van der Waals surface area contributed by atoms with E-state index < -0.39 is 0 Å². The number of hydrogen-bond acceptors (Lipinski definition) is 1. The monoisotopic (exact) mass is 256 g/mol. The van der Waals surface area contributed by atoms with Gasteiger partial charge in [0.15, 0.2) is 0 Å². The maximum atomic E-state index is 3.59. The number of nitrogens with zero attached hydrogens (tertiary/aromatic N) is 1. The number of benzene rings is 1. The lowest BCUT2D eigenvalue weighted by Crippen LogP contribution is -2.27. The van der Waals surface area contributed by atoms with Crippen molar-refractivity contribution in [2.24, 2.45) is 0 Å². The predicted molar refractivity (Wildman–Crippen MR) is 81.2 cm³/mol. The second kappa shape index (κ2) is 7.15. The molecule has 1 N–H and O–H groups in total. The van der Waals surface area contributed by atoms with Crippen LogP contribution in [-0.2, 0) is 19.5 Å². The Morgan fingerprint density at radius 1 is 1.11 bits per heavy atom. The molecule has 0 aliphatic heterocycles. The van der Waals surface area contributed by atoms with Crippen molar-refractivity contribution < 1.29 is 0 Å². The lowest BCUT2D eigenvalue weighted by Gasteiger charge is -2.13. The van der Waals surface area contributed by atoms with Gasteiger partial charge in [0.05, 0.1) is 0 Å². The maximum Gasteiger partial charge on any atom is 0.0223 e. The lowest BCUT2D eigenvalue weighted by molar-refractivity contribution is 0.544. The van der Waals surface area contributed by atoms with Gasteiger partial charge >= 0.3 is 0 Å². The molecule has 1 unspecified atom stereocenters. The van der Waals surface area contributed by atoms with E-state index >= 15 is 0 Å². The molecule has 0 spiro atoms. The van der Waals surface area contributed by atoms with Gasteiger partial charge in [0.2, 0.25) is 0 Å². The summed E-state index contributed by atoms with van der Waals surface area (Å²) in [4.78, 5) is 0. The standard InChI is InChI=1S/C17H24N2/c1-3-10-19-11-9-17(14-19)13-18-15(2)12-16-7-5-4-6-8-16/h4-9,11,14-15,18H,3,10,12-13H2,1-2H3. The zero-order valence-electron chi connectivity index (χ0n) is 12.0. The molecule has 1 heterocycles. The second-order valence-electron chi connectivity index (χ2n) is 5.23. The third-order valence-corrected chi connectivity index (χ3v) is 3.33. The molecule has 1 aromatic carbocycles. The van der Waals surface area contributed by atoms with Crippen LogP contribution in [0.2, 0.25) is 0 Å². The van der Waals surface area contributed by atoms with Gasteiger partial charge in [-0.3, -0.25) is 0 Å². The van der Waals surface area contributed by atoms with Crippen LogP contribution in [0, 0.1) is 0 Å². The first kappa shape index (κ1) is 13.9. The molecular weight excluding hydrogens is 232 g/mol. The first-order chi connectivity index (χ1) is 9.28. The largest absolute Gasteiger partial charge is 0.354 e. The average Bonchev–Trinajstić information content (AvgIpc) is 2.86. The Hall–Kier alpha value is -1.54. The molecule has 0 saturated heterocycles. The first-order valence-corrected chi connectivity index (χ1v) is 7.20. The van der Waals surface area contributed by atoms with Crippen LogP contribution < -0.4 is 5.32 Å². The molecule has 102 valence electrons. The summed E-state index contributed by atoms with van der Waals surface area (Å²) < 4.78 is 2.26. The first-order valence-electron chi connectivity index (χ1n) is 7.20. The quantitative estimate of drug-likeness (QED) is 0.800. The third-order valence-electron chi connectivity index (χ3n) is 3.33. The minimum Gasteiger partial charge on any atom is -0.354 e. The van der Waals surface area contributed by atoms with Crippen LogP contribution in [0.15, 0.2) is 48.8 Å². The van der Waals surface area contributed by atoms with E-state index in [1.165, 1.54) is 17.5 Å². The molecule has 2 rings (SSSR count). The van der Waals surface area contributed by atoms with Gasteiger partial charge in [-0.25, -0.2) is 0 Å². The van der Waals surface area contributed by atoms with E-state index in [1.807, 2.05) is 0 Å². The van der Waals surface area contributed by atoms with Crippen molar-refractivity contribution in [1.29, 1.82) is 0 Å². The van der Waals surface area contributed by atoms with E-state index in [0.717, 1.165) is 19.5 Å². The highest BCUT2D eigenvalue weighted by molar-refractivity contribution is 5.16. The Morgan fingerprint density at radius 3 is 2.63 bits per heavy atom. The van der Waals surface area contributed by atoms with Crippen LogP contribution in [0.5, 0.6) is 0 Å². The number of hydrogen-bond donors (Lipinski definition) is 1. The van der Waals surface area contributed by atoms with E-state index in [9.17, 15) is 0 Å². The Labute approximate surface area is 116 Å². The van der Waals surface area contributed by atoms with Crippen molar-refractivity contribution in [1.82, 2.24) is 9.88 Å². The summed E-state index contributed by atoms with van der Waals surface area (Å²) >= 11 is 0. The maximum absolute atomic E-state index is 3.59. The van der Waals surface area contributed by atoms with E-state index in [4.69, 9.17) is 0 Å². The van der Waals surface area contributed by atoms with Crippen LogP contribution in [0.3, 0.4) is 0 Å². The van der Waals surface area contributed by atoms with Crippen molar-refractivity contribution in [2.45, 2.75) is 45.8 Å². The average molecular weight is 256 g/mol. The Bertz CT molecular complexity index is 473. The van der Waals surface area contributed by atoms with Crippen LogP contribution in [-0.4, -0.2) is 10.6 Å². The van der Waals surface area contributed by atoms with Gasteiger partial charge in [-0.2, -0.15) is 0 Å². The molecule has 1 aromatic heterocycles. The summed E-state index contributed by atoms with van der Waals surface area (Å²) in [6, 6.07) is 13.4. The molecular formula is C17H24N2. The van der Waals surface area contributed by atoms with Gasteiger partial charge in [-0.1, -0.05) is 37.3 Å². The Morgan fingerprint density at radius 2 is 1.89 bits per heavy atom. The van der Waals surface area contributed by atoms with Crippen LogP contribution >= 0.6 is 0 Å². The van der Waals surface area contributed by atoms with E-state index in [0.29, 0.717) is 6.04 Å². The van der Waals surface area contributed by atoms with Crippen LogP contribution in [0.4, 0.5) is 0 Å².